The third kappa shape index (κ3) is 4.67. The summed E-state index contributed by atoms with van der Waals surface area (Å²) in [4.78, 5) is 14.7. The second kappa shape index (κ2) is 7.79. The lowest BCUT2D eigenvalue weighted by molar-refractivity contribution is -0.122. The van der Waals surface area contributed by atoms with Gasteiger partial charge in [-0.1, -0.05) is 24.6 Å². The van der Waals surface area contributed by atoms with E-state index in [9.17, 15) is 4.79 Å². The van der Waals surface area contributed by atoms with E-state index in [2.05, 4.69) is 29.3 Å². The van der Waals surface area contributed by atoms with Crippen molar-refractivity contribution in [1.29, 1.82) is 0 Å². The molecule has 2 atom stereocenters. The highest BCUT2D eigenvalue weighted by Gasteiger charge is 2.19. The zero-order chi connectivity index (χ0) is 17.8. The van der Waals surface area contributed by atoms with Gasteiger partial charge in [0.1, 0.15) is 5.75 Å². The molecule has 2 aromatic rings. The summed E-state index contributed by atoms with van der Waals surface area (Å²) in [7, 11) is 0. The van der Waals surface area contributed by atoms with Crippen molar-refractivity contribution in [3.8, 4) is 5.75 Å². The lowest BCUT2D eigenvalue weighted by Gasteiger charge is -2.19. The fourth-order valence-corrected chi connectivity index (χ4v) is 3.15. The van der Waals surface area contributed by atoms with Crippen LogP contribution in [-0.2, 0) is 4.79 Å². The fourth-order valence-electron chi connectivity index (χ4n) is 2.97. The molecule has 4 nitrogen and oxygen atoms in total. The molecule has 2 unspecified atom stereocenters. The Balaban J connectivity index is 1.57. The van der Waals surface area contributed by atoms with E-state index in [1.807, 2.05) is 12.1 Å². The Kier molecular flexibility index (Phi) is 5.49. The molecule has 2 aromatic carbocycles. The number of rotatable bonds is 5. The van der Waals surface area contributed by atoms with Crippen LogP contribution < -0.4 is 15.0 Å². The molecule has 1 fully saturated rings. The number of anilines is 2. The maximum Gasteiger partial charge on any atom is 0.265 e. The Bertz CT molecular complexity index is 733. The summed E-state index contributed by atoms with van der Waals surface area (Å²) >= 11 is 5.93. The summed E-state index contributed by atoms with van der Waals surface area (Å²) in [5, 5.41) is 3.47. The molecule has 0 aliphatic carbocycles. The fraction of sp³-hybridized carbons (Fsp3) is 0.350. The second-order valence-electron chi connectivity index (χ2n) is 6.59. The third-order valence-corrected chi connectivity index (χ3v) is 4.64. The van der Waals surface area contributed by atoms with E-state index < -0.39 is 6.10 Å². The Morgan fingerprint density at radius 3 is 2.68 bits per heavy atom. The minimum atomic E-state index is -0.613. The van der Waals surface area contributed by atoms with Crippen LogP contribution in [0, 0.1) is 5.92 Å². The molecule has 3 rings (SSSR count). The van der Waals surface area contributed by atoms with Crippen molar-refractivity contribution in [3.05, 3.63) is 53.6 Å². The van der Waals surface area contributed by atoms with Crippen LogP contribution in [0.25, 0.3) is 0 Å². The molecule has 0 aromatic heterocycles. The van der Waals surface area contributed by atoms with Gasteiger partial charge < -0.3 is 15.0 Å². The van der Waals surface area contributed by atoms with Crippen LogP contribution in [0.2, 0.25) is 5.02 Å². The molecule has 5 heteroatoms. The molecule has 1 amide bonds. The third-order valence-electron chi connectivity index (χ3n) is 4.40. The summed E-state index contributed by atoms with van der Waals surface area (Å²) in [6.07, 6.45) is 0.620. The van der Waals surface area contributed by atoms with Crippen molar-refractivity contribution < 1.29 is 9.53 Å². The van der Waals surface area contributed by atoms with E-state index in [4.69, 9.17) is 16.3 Å². The first-order valence-corrected chi connectivity index (χ1v) is 8.97. The van der Waals surface area contributed by atoms with Gasteiger partial charge in [-0.05, 0) is 61.7 Å². The van der Waals surface area contributed by atoms with E-state index in [0.29, 0.717) is 10.8 Å². The van der Waals surface area contributed by atoms with Crippen LogP contribution in [0.4, 0.5) is 11.4 Å². The summed E-state index contributed by atoms with van der Waals surface area (Å²) in [5.41, 5.74) is 1.97. The van der Waals surface area contributed by atoms with Gasteiger partial charge >= 0.3 is 0 Å². The number of carbonyl (C=O) groups excluding carboxylic acids is 1. The minimum absolute atomic E-state index is 0.192. The van der Waals surface area contributed by atoms with Gasteiger partial charge in [0.05, 0.1) is 0 Å². The molecular formula is C20H23ClN2O2. The summed E-state index contributed by atoms with van der Waals surface area (Å²) in [6, 6.07) is 15.0. The summed E-state index contributed by atoms with van der Waals surface area (Å²) < 4.78 is 5.64. The molecule has 0 bridgehead atoms. The molecule has 25 heavy (non-hydrogen) atoms. The Morgan fingerprint density at radius 1 is 1.28 bits per heavy atom. The highest BCUT2D eigenvalue weighted by molar-refractivity contribution is 6.30. The number of ether oxygens (including phenoxy) is 1. The molecular weight excluding hydrogens is 336 g/mol. The SMILES string of the molecule is CC1CCN(c2ccc(NC(=O)C(C)Oc3cccc(Cl)c3)cc2)C1. The topological polar surface area (TPSA) is 41.6 Å². The normalized spacial score (nSPS) is 18.0. The van der Waals surface area contributed by atoms with Gasteiger partial charge in [-0.2, -0.15) is 0 Å². The maximum atomic E-state index is 12.3. The molecule has 1 saturated heterocycles. The van der Waals surface area contributed by atoms with Crippen molar-refractivity contribution in [2.24, 2.45) is 5.92 Å². The first-order valence-electron chi connectivity index (χ1n) is 8.59. The first kappa shape index (κ1) is 17.6. The van der Waals surface area contributed by atoms with Crippen LogP contribution in [0.15, 0.2) is 48.5 Å². The predicted molar refractivity (Wildman–Crippen MR) is 103 cm³/mol. The Morgan fingerprint density at radius 2 is 2.04 bits per heavy atom. The lowest BCUT2D eigenvalue weighted by Crippen LogP contribution is -2.30. The van der Waals surface area contributed by atoms with E-state index >= 15 is 0 Å². The predicted octanol–water partition coefficient (Wildman–Crippen LogP) is 4.59. The monoisotopic (exact) mass is 358 g/mol. The van der Waals surface area contributed by atoms with E-state index in [-0.39, 0.29) is 5.91 Å². The minimum Gasteiger partial charge on any atom is -0.481 e. The van der Waals surface area contributed by atoms with E-state index in [0.717, 1.165) is 24.7 Å². The van der Waals surface area contributed by atoms with Gasteiger partial charge in [-0.3, -0.25) is 4.79 Å². The average molecular weight is 359 g/mol. The number of benzene rings is 2. The maximum absolute atomic E-state index is 12.3. The Labute approximate surface area is 153 Å². The number of amides is 1. The van der Waals surface area contributed by atoms with Crippen LogP contribution >= 0.6 is 11.6 Å². The van der Waals surface area contributed by atoms with Crippen molar-refractivity contribution in [3.63, 3.8) is 0 Å². The number of nitrogens with zero attached hydrogens (tertiary/aromatic N) is 1. The van der Waals surface area contributed by atoms with Crippen LogP contribution in [0.5, 0.6) is 5.75 Å². The van der Waals surface area contributed by atoms with Crippen molar-refractivity contribution in [1.82, 2.24) is 0 Å². The zero-order valence-corrected chi connectivity index (χ0v) is 15.3. The van der Waals surface area contributed by atoms with E-state index in [1.165, 1.54) is 12.1 Å². The molecule has 0 spiro atoms. The molecule has 1 aliphatic rings. The van der Waals surface area contributed by atoms with Gasteiger partial charge in [0, 0.05) is 29.5 Å². The molecule has 132 valence electrons. The molecule has 0 saturated carbocycles. The highest BCUT2D eigenvalue weighted by Crippen LogP contribution is 2.25. The van der Waals surface area contributed by atoms with Gasteiger partial charge in [0.15, 0.2) is 6.10 Å². The van der Waals surface area contributed by atoms with E-state index in [1.54, 1.807) is 31.2 Å². The van der Waals surface area contributed by atoms with Crippen LogP contribution in [0.3, 0.4) is 0 Å². The zero-order valence-electron chi connectivity index (χ0n) is 14.5. The number of halogens is 1. The largest absolute Gasteiger partial charge is 0.481 e. The average Bonchev–Trinajstić information content (AvgIpc) is 3.02. The summed E-state index contributed by atoms with van der Waals surface area (Å²) in [6.45, 7) is 6.18. The quantitative estimate of drug-likeness (QED) is 0.849. The summed E-state index contributed by atoms with van der Waals surface area (Å²) in [5.74, 6) is 1.13. The van der Waals surface area contributed by atoms with Crippen molar-refractivity contribution in [2.75, 3.05) is 23.3 Å². The first-order chi connectivity index (χ1) is 12.0. The molecule has 0 radical (unpaired) electrons. The molecule has 1 N–H and O–H groups in total. The molecule has 1 aliphatic heterocycles. The standard InChI is InChI=1S/C20H23ClN2O2/c1-14-10-11-23(13-14)18-8-6-17(7-9-18)22-20(24)15(2)25-19-5-3-4-16(21)12-19/h3-9,12,14-15H,10-11,13H2,1-2H3,(H,22,24). The second-order valence-corrected chi connectivity index (χ2v) is 7.03. The van der Waals surface area contributed by atoms with Crippen molar-refractivity contribution >= 4 is 28.9 Å². The Hall–Kier alpha value is -2.20. The number of hydrogen-bond acceptors (Lipinski definition) is 3. The van der Waals surface area contributed by atoms with Gasteiger partial charge in [0.2, 0.25) is 0 Å². The molecule has 1 heterocycles. The van der Waals surface area contributed by atoms with Gasteiger partial charge in [-0.15, -0.1) is 0 Å². The highest BCUT2D eigenvalue weighted by atomic mass is 35.5. The van der Waals surface area contributed by atoms with Crippen LogP contribution in [0.1, 0.15) is 20.3 Å². The van der Waals surface area contributed by atoms with Gasteiger partial charge in [0.25, 0.3) is 5.91 Å². The lowest BCUT2D eigenvalue weighted by atomic mass is 10.2. The number of nitrogens with one attached hydrogen (secondary N) is 1. The van der Waals surface area contributed by atoms with Crippen LogP contribution in [-0.4, -0.2) is 25.1 Å². The van der Waals surface area contributed by atoms with Crippen molar-refractivity contribution in [2.45, 2.75) is 26.4 Å². The number of carbonyl (C=O) groups is 1. The number of hydrogen-bond donors (Lipinski definition) is 1. The van der Waals surface area contributed by atoms with Gasteiger partial charge in [-0.25, -0.2) is 0 Å². The smallest absolute Gasteiger partial charge is 0.265 e.